The van der Waals surface area contributed by atoms with E-state index in [2.05, 4.69) is 23.0 Å². The van der Waals surface area contributed by atoms with E-state index in [1.165, 1.54) is 0 Å². The summed E-state index contributed by atoms with van der Waals surface area (Å²) in [6, 6.07) is 11.7. The lowest BCUT2D eigenvalue weighted by atomic mass is 9.67. The van der Waals surface area contributed by atoms with Crippen LogP contribution in [0.25, 0.3) is 0 Å². The zero-order chi connectivity index (χ0) is 21.4. The van der Waals surface area contributed by atoms with Crippen molar-refractivity contribution in [1.29, 1.82) is 0 Å². The molecule has 0 radical (unpaired) electrons. The van der Waals surface area contributed by atoms with E-state index < -0.39 is 5.60 Å². The topological polar surface area (TPSA) is 56.7 Å². The minimum absolute atomic E-state index is 0.0280. The van der Waals surface area contributed by atoms with Gasteiger partial charge in [-0.15, -0.1) is 6.42 Å². The van der Waals surface area contributed by atoms with E-state index in [0.717, 1.165) is 63.0 Å². The Hall–Kier alpha value is -2.68. The van der Waals surface area contributed by atoms with E-state index in [1.54, 1.807) is 6.20 Å². The molecule has 5 nitrogen and oxygen atoms in total. The Morgan fingerprint density at radius 2 is 1.87 bits per heavy atom. The molecule has 4 aliphatic rings. The molecule has 2 aromatic rings. The third-order valence-corrected chi connectivity index (χ3v) is 7.32. The fourth-order valence-electron chi connectivity index (χ4n) is 5.70. The van der Waals surface area contributed by atoms with Crippen molar-refractivity contribution >= 4 is 5.91 Å². The highest BCUT2D eigenvalue weighted by molar-refractivity contribution is 5.94. The van der Waals surface area contributed by atoms with Crippen molar-refractivity contribution in [1.82, 2.24) is 14.8 Å². The van der Waals surface area contributed by atoms with Crippen molar-refractivity contribution < 1.29 is 9.90 Å². The standard InChI is InChI=1S/C26H29N3O2/c1-2-23-26(31,22-10-14-28(23)15-11-22)24-20(16-19-8-4-3-5-9-19)17-21(18-27-24)25(30)29-12-6-7-13-29/h1,3-5,8-9,17-18,22-23,31H,6-7,10-16H2. The van der Waals surface area contributed by atoms with E-state index in [9.17, 15) is 9.90 Å². The summed E-state index contributed by atoms with van der Waals surface area (Å²) in [5.74, 6) is 2.97. The molecule has 0 spiro atoms. The summed E-state index contributed by atoms with van der Waals surface area (Å²) >= 11 is 0. The van der Waals surface area contributed by atoms with Gasteiger partial charge in [-0.25, -0.2) is 0 Å². The summed E-state index contributed by atoms with van der Waals surface area (Å²) < 4.78 is 0. The minimum Gasteiger partial charge on any atom is -0.381 e. The number of pyridine rings is 1. The first kappa shape index (κ1) is 20.2. The van der Waals surface area contributed by atoms with E-state index in [4.69, 9.17) is 11.4 Å². The molecule has 160 valence electrons. The molecule has 2 bridgehead atoms. The molecule has 6 rings (SSSR count). The monoisotopic (exact) mass is 415 g/mol. The zero-order valence-corrected chi connectivity index (χ0v) is 17.8. The van der Waals surface area contributed by atoms with Crippen LogP contribution >= 0.6 is 0 Å². The molecule has 4 fully saturated rings. The average molecular weight is 416 g/mol. The van der Waals surface area contributed by atoms with Gasteiger partial charge >= 0.3 is 0 Å². The Balaban J connectivity index is 1.59. The smallest absolute Gasteiger partial charge is 0.255 e. The van der Waals surface area contributed by atoms with Crippen LogP contribution in [0.2, 0.25) is 0 Å². The number of nitrogens with zero attached hydrogens (tertiary/aromatic N) is 3. The van der Waals surface area contributed by atoms with Crippen molar-refractivity contribution in [2.45, 2.75) is 43.7 Å². The maximum absolute atomic E-state index is 13.0. The van der Waals surface area contributed by atoms with Crippen molar-refractivity contribution in [2.75, 3.05) is 26.2 Å². The number of terminal acetylenes is 1. The average Bonchev–Trinajstić information content (AvgIpc) is 3.35. The Kier molecular flexibility index (Phi) is 5.29. The van der Waals surface area contributed by atoms with Gasteiger partial charge in [0.05, 0.1) is 11.3 Å². The molecule has 0 aliphatic carbocycles. The highest BCUT2D eigenvalue weighted by Crippen LogP contribution is 2.47. The second-order valence-electron chi connectivity index (χ2n) is 9.10. The van der Waals surface area contributed by atoms with Crippen LogP contribution in [-0.2, 0) is 12.0 Å². The molecule has 4 aliphatic heterocycles. The van der Waals surface area contributed by atoms with Crippen molar-refractivity contribution in [3.63, 3.8) is 0 Å². The summed E-state index contributed by atoms with van der Waals surface area (Å²) in [4.78, 5) is 21.9. The first-order valence-corrected chi connectivity index (χ1v) is 11.4. The summed E-state index contributed by atoms with van der Waals surface area (Å²) in [5, 5.41) is 12.1. The first-order valence-electron chi connectivity index (χ1n) is 11.4. The third-order valence-electron chi connectivity index (χ3n) is 7.32. The number of amides is 1. The summed E-state index contributed by atoms with van der Waals surface area (Å²) in [5.41, 5.74) is 2.07. The van der Waals surface area contributed by atoms with Gasteiger partial charge in [-0.3, -0.25) is 14.7 Å². The molecular formula is C26H29N3O2. The fourth-order valence-corrected chi connectivity index (χ4v) is 5.70. The number of likely N-dealkylation sites (tertiary alicyclic amines) is 1. The Morgan fingerprint density at radius 3 is 2.55 bits per heavy atom. The summed E-state index contributed by atoms with van der Waals surface area (Å²) in [6.07, 6.45) is 12.1. The van der Waals surface area contributed by atoms with Crippen LogP contribution in [0.4, 0.5) is 0 Å². The number of piperidine rings is 3. The van der Waals surface area contributed by atoms with Gasteiger partial charge in [-0.1, -0.05) is 36.3 Å². The number of hydrogen-bond donors (Lipinski definition) is 1. The predicted octanol–water partition coefficient (Wildman–Crippen LogP) is 2.82. The number of rotatable bonds is 4. The number of hydrogen-bond acceptors (Lipinski definition) is 4. The Bertz CT molecular complexity index is 1000. The van der Waals surface area contributed by atoms with Gasteiger partial charge in [0.2, 0.25) is 0 Å². The van der Waals surface area contributed by atoms with Crippen LogP contribution in [0.5, 0.6) is 0 Å². The normalized spacial score (nSPS) is 29.7. The lowest BCUT2D eigenvalue weighted by Gasteiger charge is -2.54. The van der Waals surface area contributed by atoms with Gasteiger partial charge in [0, 0.05) is 19.3 Å². The highest BCUT2D eigenvalue weighted by Gasteiger charge is 2.55. The second kappa shape index (κ2) is 8.11. The summed E-state index contributed by atoms with van der Waals surface area (Å²) in [7, 11) is 0. The molecule has 1 aromatic heterocycles. The van der Waals surface area contributed by atoms with E-state index >= 15 is 0 Å². The molecule has 2 atom stereocenters. The Morgan fingerprint density at radius 1 is 1.16 bits per heavy atom. The van der Waals surface area contributed by atoms with Crippen LogP contribution < -0.4 is 0 Å². The van der Waals surface area contributed by atoms with Crippen molar-refractivity contribution in [2.24, 2.45) is 5.92 Å². The van der Waals surface area contributed by atoms with Crippen molar-refractivity contribution in [3.8, 4) is 12.3 Å². The molecule has 0 saturated carbocycles. The largest absolute Gasteiger partial charge is 0.381 e. The van der Waals surface area contributed by atoms with Gasteiger partial charge in [0.25, 0.3) is 5.91 Å². The van der Waals surface area contributed by atoms with E-state index in [1.807, 2.05) is 29.2 Å². The number of aliphatic hydroxyl groups is 1. The van der Waals surface area contributed by atoms with Crippen LogP contribution in [0.15, 0.2) is 42.6 Å². The van der Waals surface area contributed by atoms with Gasteiger partial charge in [0.1, 0.15) is 11.6 Å². The van der Waals surface area contributed by atoms with E-state index in [-0.39, 0.29) is 17.9 Å². The van der Waals surface area contributed by atoms with Crippen LogP contribution in [-0.4, -0.2) is 58.0 Å². The first-order chi connectivity index (χ1) is 15.1. The quantitative estimate of drug-likeness (QED) is 0.781. The molecule has 2 unspecified atom stereocenters. The number of aromatic nitrogens is 1. The zero-order valence-electron chi connectivity index (χ0n) is 17.8. The molecule has 31 heavy (non-hydrogen) atoms. The second-order valence-corrected chi connectivity index (χ2v) is 9.10. The predicted molar refractivity (Wildman–Crippen MR) is 119 cm³/mol. The van der Waals surface area contributed by atoms with Crippen LogP contribution in [0, 0.1) is 18.3 Å². The van der Waals surface area contributed by atoms with Gasteiger partial charge < -0.3 is 10.0 Å². The van der Waals surface area contributed by atoms with Gasteiger partial charge in [-0.2, -0.15) is 0 Å². The van der Waals surface area contributed by atoms with Gasteiger partial charge in [-0.05, 0) is 68.3 Å². The number of carbonyl (C=O) groups excluding carboxylic acids is 1. The lowest BCUT2D eigenvalue weighted by Crippen LogP contribution is -2.64. The molecular weight excluding hydrogens is 386 g/mol. The van der Waals surface area contributed by atoms with Crippen molar-refractivity contribution in [3.05, 3.63) is 65.0 Å². The Labute approximate surface area is 184 Å². The summed E-state index contributed by atoms with van der Waals surface area (Å²) in [6.45, 7) is 3.44. The molecule has 1 amide bonds. The van der Waals surface area contributed by atoms with Gasteiger partial charge in [0.15, 0.2) is 0 Å². The maximum Gasteiger partial charge on any atom is 0.255 e. The molecule has 1 N–H and O–H groups in total. The number of benzene rings is 1. The van der Waals surface area contributed by atoms with Crippen LogP contribution in [0.1, 0.15) is 52.9 Å². The number of fused-ring (bicyclic) bond motifs is 3. The van der Waals surface area contributed by atoms with Crippen LogP contribution in [0.3, 0.4) is 0 Å². The SMILES string of the molecule is C#CC1N2CCC(CC2)C1(O)c1ncc(C(=O)N2CCCC2)cc1Cc1ccccc1. The fraction of sp³-hybridized carbons (Fsp3) is 0.462. The molecule has 4 saturated heterocycles. The number of carbonyl (C=O) groups is 1. The highest BCUT2D eigenvalue weighted by atomic mass is 16.3. The van der Waals surface area contributed by atoms with E-state index in [0.29, 0.717) is 17.7 Å². The maximum atomic E-state index is 13.0. The third kappa shape index (κ3) is 3.44. The minimum atomic E-state index is -1.19. The molecule has 1 aromatic carbocycles. The molecule has 5 heterocycles. The molecule has 5 heteroatoms. The lowest BCUT2D eigenvalue weighted by molar-refractivity contribution is -0.145.